The lowest BCUT2D eigenvalue weighted by Gasteiger charge is -2.34. The molecule has 1 unspecified atom stereocenters. The molecular formula is C15H30N2O2. The van der Waals surface area contributed by atoms with Gasteiger partial charge in [0.05, 0.1) is 18.3 Å². The summed E-state index contributed by atoms with van der Waals surface area (Å²) in [5.74, 6) is 0. The third-order valence-corrected chi connectivity index (χ3v) is 4.62. The van der Waals surface area contributed by atoms with E-state index in [1.807, 2.05) is 0 Å². The van der Waals surface area contributed by atoms with Gasteiger partial charge in [-0.1, -0.05) is 19.3 Å². The minimum Gasteiger partial charge on any atom is -0.383 e. The van der Waals surface area contributed by atoms with Crippen LogP contribution >= 0.6 is 0 Å². The van der Waals surface area contributed by atoms with Crippen molar-refractivity contribution in [2.75, 3.05) is 39.9 Å². The summed E-state index contributed by atoms with van der Waals surface area (Å²) >= 11 is 0. The molecule has 4 heteroatoms. The Morgan fingerprint density at radius 2 is 2.00 bits per heavy atom. The second-order valence-corrected chi connectivity index (χ2v) is 6.10. The Kier molecular flexibility index (Phi) is 6.07. The molecule has 112 valence electrons. The number of methoxy groups -OCH3 is 1. The van der Waals surface area contributed by atoms with E-state index >= 15 is 0 Å². The van der Waals surface area contributed by atoms with Crippen molar-refractivity contribution in [3.05, 3.63) is 0 Å². The molecule has 2 rings (SSSR count). The first-order valence-electron chi connectivity index (χ1n) is 7.87. The highest BCUT2D eigenvalue weighted by molar-refractivity contribution is 4.92. The first-order valence-corrected chi connectivity index (χ1v) is 7.87. The average Bonchev–Trinajstić information content (AvgIpc) is 2.80. The Morgan fingerprint density at radius 3 is 2.68 bits per heavy atom. The lowest BCUT2D eigenvalue weighted by atomic mass is 9.83. The van der Waals surface area contributed by atoms with Crippen LogP contribution in [-0.4, -0.2) is 56.5 Å². The van der Waals surface area contributed by atoms with Gasteiger partial charge in [-0.15, -0.1) is 0 Å². The lowest BCUT2D eigenvalue weighted by molar-refractivity contribution is -0.0724. The predicted octanol–water partition coefficient (Wildman–Crippen LogP) is 1.78. The number of nitrogens with zero attached hydrogens (tertiary/aromatic N) is 1. The van der Waals surface area contributed by atoms with Crippen molar-refractivity contribution in [2.24, 2.45) is 5.73 Å². The van der Waals surface area contributed by atoms with Crippen molar-refractivity contribution >= 4 is 0 Å². The van der Waals surface area contributed by atoms with Crippen LogP contribution in [-0.2, 0) is 9.47 Å². The molecule has 0 bridgehead atoms. The second kappa shape index (κ2) is 7.58. The molecular weight excluding hydrogens is 240 g/mol. The quantitative estimate of drug-likeness (QED) is 0.766. The van der Waals surface area contributed by atoms with Gasteiger partial charge < -0.3 is 15.2 Å². The molecule has 2 N–H and O–H groups in total. The Labute approximate surface area is 117 Å². The van der Waals surface area contributed by atoms with Gasteiger partial charge in [-0.3, -0.25) is 4.90 Å². The summed E-state index contributed by atoms with van der Waals surface area (Å²) in [4.78, 5) is 2.38. The molecule has 1 spiro atoms. The monoisotopic (exact) mass is 270 g/mol. The van der Waals surface area contributed by atoms with E-state index in [1.165, 1.54) is 44.9 Å². The molecule has 1 saturated carbocycles. The summed E-state index contributed by atoms with van der Waals surface area (Å²) in [5.41, 5.74) is 5.92. The van der Waals surface area contributed by atoms with E-state index in [0.29, 0.717) is 12.6 Å². The normalized spacial score (nSPS) is 26.4. The first-order chi connectivity index (χ1) is 9.28. The lowest BCUT2D eigenvalue weighted by Crippen LogP contribution is -2.40. The van der Waals surface area contributed by atoms with E-state index < -0.39 is 0 Å². The second-order valence-electron chi connectivity index (χ2n) is 6.10. The number of ether oxygens (including phenoxy) is 2. The molecule has 1 atom stereocenters. The molecule has 2 fully saturated rings. The van der Waals surface area contributed by atoms with Crippen molar-refractivity contribution in [1.82, 2.24) is 4.90 Å². The fraction of sp³-hybridized carbons (Fsp3) is 1.00. The van der Waals surface area contributed by atoms with Crippen molar-refractivity contribution in [3.63, 3.8) is 0 Å². The minimum absolute atomic E-state index is 0.235. The SMILES string of the molecule is COCCN(CCN)CC1CCC2(CCCCC2)O1. The van der Waals surface area contributed by atoms with Gasteiger partial charge in [-0.05, 0) is 25.7 Å². The fourth-order valence-electron chi connectivity index (χ4n) is 3.57. The van der Waals surface area contributed by atoms with E-state index in [1.54, 1.807) is 7.11 Å². The number of hydrogen-bond donors (Lipinski definition) is 1. The van der Waals surface area contributed by atoms with E-state index in [-0.39, 0.29) is 5.60 Å². The molecule has 0 radical (unpaired) electrons. The van der Waals surface area contributed by atoms with Crippen LogP contribution in [0.3, 0.4) is 0 Å². The standard InChI is InChI=1S/C15H30N2O2/c1-18-12-11-17(10-9-16)13-14-5-8-15(19-14)6-3-2-4-7-15/h14H,2-13,16H2,1H3. The predicted molar refractivity (Wildman–Crippen MR) is 77.3 cm³/mol. The van der Waals surface area contributed by atoms with Gasteiger partial charge in [0, 0.05) is 33.3 Å². The van der Waals surface area contributed by atoms with E-state index in [9.17, 15) is 0 Å². The molecule has 0 aromatic rings. The number of rotatable bonds is 7. The van der Waals surface area contributed by atoms with Gasteiger partial charge >= 0.3 is 0 Å². The summed E-state index contributed by atoms with van der Waals surface area (Å²) < 4.78 is 11.6. The number of hydrogen-bond acceptors (Lipinski definition) is 4. The highest BCUT2D eigenvalue weighted by Gasteiger charge is 2.40. The highest BCUT2D eigenvalue weighted by atomic mass is 16.5. The van der Waals surface area contributed by atoms with Crippen LogP contribution in [0.25, 0.3) is 0 Å². The van der Waals surface area contributed by atoms with Crippen LogP contribution in [0.15, 0.2) is 0 Å². The maximum atomic E-state index is 6.42. The van der Waals surface area contributed by atoms with Gasteiger partial charge in [-0.2, -0.15) is 0 Å². The number of nitrogens with two attached hydrogens (primary N) is 1. The molecule has 1 aliphatic heterocycles. The van der Waals surface area contributed by atoms with Crippen LogP contribution in [0, 0.1) is 0 Å². The Hall–Kier alpha value is -0.160. The zero-order valence-electron chi connectivity index (χ0n) is 12.4. The maximum absolute atomic E-state index is 6.42. The van der Waals surface area contributed by atoms with Crippen LogP contribution in [0.1, 0.15) is 44.9 Å². The molecule has 2 aliphatic rings. The van der Waals surface area contributed by atoms with Gasteiger partial charge in [0.2, 0.25) is 0 Å². The van der Waals surface area contributed by atoms with E-state index in [4.69, 9.17) is 15.2 Å². The molecule has 19 heavy (non-hydrogen) atoms. The maximum Gasteiger partial charge on any atom is 0.0710 e. The van der Waals surface area contributed by atoms with Gasteiger partial charge in [0.1, 0.15) is 0 Å². The van der Waals surface area contributed by atoms with Crippen LogP contribution in [0.4, 0.5) is 0 Å². The van der Waals surface area contributed by atoms with Crippen LogP contribution in [0.5, 0.6) is 0 Å². The smallest absolute Gasteiger partial charge is 0.0710 e. The van der Waals surface area contributed by atoms with E-state index in [2.05, 4.69) is 4.90 Å². The summed E-state index contributed by atoms with van der Waals surface area (Å²) in [6, 6.07) is 0. The molecule has 0 amide bonds. The van der Waals surface area contributed by atoms with Crippen molar-refractivity contribution < 1.29 is 9.47 Å². The van der Waals surface area contributed by atoms with E-state index in [0.717, 1.165) is 26.2 Å². The third kappa shape index (κ3) is 4.42. The summed E-state index contributed by atoms with van der Waals surface area (Å²) in [6.07, 6.45) is 9.53. The van der Waals surface area contributed by atoms with Crippen LogP contribution < -0.4 is 5.73 Å². The average molecular weight is 270 g/mol. The molecule has 1 heterocycles. The molecule has 1 saturated heterocycles. The topological polar surface area (TPSA) is 47.7 Å². The van der Waals surface area contributed by atoms with Gasteiger partial charge in [-0.25, -0.2) is 0 Å². The largest absolute Gasteiger partial charge is 0.383 e. The van der Waals surface area contributed by atoms with Gasteiger partial charge in [0.25, 0.3) is 0 Å². The molecule has 0 aromatic carbocycles. The fourth-order valence-corrected chi connectivity index (χ4v) is 3.57. The Morgan fingerprint density at radius 1 is 1.21 bits per heavy atom. The van der Waals surface area contributed by atoms with Crippen molar-refractivity contribution in [1.29, 1.82) is 0 Å². The first kappa shape index (κ1) is 15.2. The zero-order chi connectivity index (χ0) is 13.6. The summed E-state index contributed by atoms with van der Waals surface area (Å²) in [5, 5.41) is 0. The molecule has 4 nitrogen and oxygen atoms in total. The summed E-state index contributed by atoms with van der Waals surface area (Å²) in [6.45, 7) is 4.40. The Bertz CT molecular complexity index is 255. The molecule has 0 aromatic heterocycles. The minimum atomic E-state index is 0.235. The Balaban J connectivity index is 1.78. The highest BCUT2D eigenvalue weighted by Crippen LogP contribution is 2.41. The summed E-state index contributed by atoms with van der Waals surface area (Å²) in [7, 11) is 1.75. The molecule has 1 aliphatic carbocycles. The van der Waals surface area contributed by atoms with Crippen molar-refractivity contribution in [2.45, 2.75) is 56.7 Å². The van der Waals surface area contributed by atoms with Gasteiger partial charge in [0.15, 0.2) is 0 Å². The van der Waals surface area contributed by atoms with Crippen molar-refractivity contribution in [3.8, 4) is 0 Å². The third-order valence-electron chi connectivity index (χ3n) is 4.62. The van der Waals surface area contributed by atoms with Crippen LogP contribution in [0.2, 0.25) is 0 Å². The zero-order valence-corrected chi connectivity index (χ0v) is 12.4.